The molecule has 3 aromatic carbocycles. The number of rotatable bonds is 7. The van der Waals surface area contributed by atoms with E-state index in [-0.39, 0.29) is 11.3 Å². The molecule has 0 saturated carbocycles. The maximum absolute atomic E-state index is 13.1. The number of amides is 1. The Balaban J connectivity index is 1.44. The van der Waals surface area contributed by atoms with Crippen molar-refractivity contribution in [2.24, 2.45) is 0 Å². The topological polar surface area (TPSA) is 99.5 Å². The van der Waals surface area contributed by atoms with Crippen molar-refractivity contribution in [2.45, 2.75) is 19.6 Å². The number of hydrogen-bond donors (Lipinski definition) is 1. The summed E-state index contributed by atoms with van der Waals surface area (Å²) in [7, 11) is 0. The van der Waals surface area contributed by atoms with Gasteiger partial charge in [0.05, 0.1) is 36.8 Å². The molecule has 0 spiro atoms. The van der Waals surface area contributed by atoms with Gasteiger partial charge in [0.25, 0.3) is 5.91 Å². The number of carboxylic acid groups (broad SMARTS) is 1. The molecule has 2 heterocycles. The number of aromatic carboxylic acids is 1. The minimum Gasteiger partial charge on any atom is -0.543 e. The van der Waals surface area contributed by atoms with Crippen molar-refractivity contribution in [3.05, 3.63) is 83.0 Å². The molecule has 4 aromatic rings. The standard InChI is InChI=1S/C29H27F3N4O4/c1-18-5-7-22(33-27(37)20-3-2-4-21(15-20)29(30,31)32)17-24(18)19-6-8-23-25(16-19)36(34-26(23)28(38)39)10-9-35-11-13-40-14-12-35/h2-8,15-17H,9-14H2,1H3,(H,33,37)(H,38,39)/p-1. The largest absolute Gasteiger partial charge is 0.543 e. The van der Waals surface area contributed by atoms with E-state index >= 15 is 0 Å². The first-order chi connectivity index (χ1) is 19.1. The van der Waals surface area contributed by atoms with Crippen LogP contribution in [0.5, 0.6) is 0 Å². The Labute approximate surface area is 228 Å². The fourth-order valence-corrected chi connectivity index (χ4v) is 4.77. The van der Waals surface area contributed by atoms with Gasteiger partial charge >= 0.3 is 6.18 Å². The van der Waals surface area contributed by atoms with E-state index in [0.717, 1.165) is 41.9 Å². The van der Waals surface area contributed by atoms with Crippen LogP contribution in [-0.4, -0.2) is 59.4 Å². The summed E-state index contributed by atoms with van der Waals surface area (Å²) in [5.41, 5.74) is 2.29. The molecule has 5 rings (SSSR count). The Morgan fingerprint density at radius 2 is 1.80 bits per heavy atom. The van der Waals surface area contributed by atoms with Crippen molar-refractivity contribution < 1.29 is 32.6 Å². The van der Waals surface area contributed by atoms with Crippen LogP contribution >= 0.6 is 0 Å². The van der Waals surface area contributed by atoms with E-state index in [1.54, 1.807) is 35.0 Å². The van der Waals surface area contributed by atoms with Crippen molar-refractivity contribution in [2.75, 3.05) is 38.2 Å². The molecule has 0 atom stereocenters. The molecule has 11 heteroatoms. The van der Waals surface area contributed by atoms with Crippen LogP contribution in [0.1, 0.15) is 32.0 Å². The molecular weight excluding hydrogens is 525 g/mol. The molecule has 8 nitrogen and oxygen atoms in total. The van der Waals surface area contributed by atoms with Gasteiger partial charge in [-0.25, -0.2) is 0 Å². The number of benzene rings is 3. The minimum atomic E-state index is -4.56. The maximum Gasteiger partial charge on any atom is 0.416 e. The number of carbonyl (C=O) groups excluding carboxylic acids is 2. The van der Waals surface area contributed by atoms with Crippen LogP contribution in [0, 0.1) is 6.92 Å². The second-order valence-corrected chi connectivity index (χ2v) is 9.61. The lowest BCUT2D eigenvalue weighted by Gasteiger charge is -2.26. The van der Waals surface area contributed by atoms with Crippen LogP contribution in [0.4, 0.5) is 18.9 Å². The molecular formula is C29H26F3N4O4-. The molecule has 0 radical (unpaired) electrons. The van der Waals surface area contributed by atoms with E-state index in [4.69, 9.17) is 4.74 Å². The van der Waals surface area contributed by atoms with Gasteiger partial charge in [-0.15, -0.1) is 0 Å². The molecule has 1 aromatic heterocycles. The molecule has 1 aliphatic heterocycles. The van der Waals surface area contributed by atoms with Gasteiger partial charge in [-0.2, -0.15) is 18.3 Å². The molecule has 1 amide bonds. The predicted molar refractivity (Wildman–Crippen MR) is 141 cm³/mol. The lowest BCUT2D eigenvalue weighted by molar-refractivity contribution is -0.255. The number of hydrogen-bond acceptors (Lipinski definition) is 6. The number of anilines is 1. The highest BCUT2D eigenvalue weighted by molar-refractivity contribution is 6.05. The highest BCUT2D eigenvalue weighted by Gasteiger charge is 2.31. The van der Waals surface area contributed by atoms with Gasteiger partial charge < -0.3 is 20.0 Å². The Morgan fingerprint density at radius 3 is 2.52 bits per heavy atom. The summed E-state index contributed by atoms with van der Waals surface area (Å²) in [6, 6.07) is 14.7. The van der Waals surface area contributed by atoms with Crippen LogP contribution < -0.4 is 10.4 Å². The van der Waals surface area contributed by atoms with Crippen molar-refractivity contribution in [1.29, 1.82) is 0 Å². The van der Waals surface area contributed by atoms with Crippen molar-refractivity contribution in [3.8, 4) is 11.1 Å². The van der Waals surface area contributed by atoms with Crippen molar-refractivity contribution in [3.63, 3.8) is 0 Å². The second kappa shape index (κ2) is 11.1. The normalized spacial score (nSPS) is 14.4. The molecule has 0 unspecified atom stereocenters. The van der Waals surface area contributed by atoms with Crippen LogP contribution in [0.25, 0.3) is 22.0 Å². The second-order valence-electron chi connectivity index (χ2n) is 9.61. The summed E-state index contributed by atoms with van der Waals surface area (Å²) in [5.74, 6) is -2.03. The molecule has 208 valence electrons. The fourth-order valence-electron chi connectivity index (χ4n) is 4.77. The quantitative estimate of drug-likeness (QED) is 0.373. The highest BCUT2D eigenvalue weighted by atomic mass is 19.4. The first-order valence-corrected chi connectivity index (χ1v) is 12.7. The number of aryl methyl sites for hydroxylation is 1. The summed E-state index contributed by atoms with van der Waals surface area (Å²) in [4.78, 5) is 26.7. The molecule has 1 fully saturated rings. The zero-order valence-electron chi connectivity index (χ0n) is 21.6. The van der Waals surface area contributed by atoms with Gasteiger partial charge in [0.15, 0.2) is 0 Å². The average molecular weight is 552 g/mol. The third-order valence-electron chi connectivity index (χ3n) is 6.94. The molecule has 1 aliphatic rings. The number of carbonyl (C=O) groups is 2. The molecule has 0 aliphatic carbocycles. The Bertz CT molecular complexity index is 1580. The smallest absolute Gasteiger partial charge is 0.416 e. The Morgan fingerprint density at radius 1 is 1.02 bits per heavy atom. The third-order valence-corrected chi connectivity index (χ3v) is 6.94. The zero-order chi connectivity index (χ0) is 28.4. The number of aromatic nitrogens is 2. The van der Waals surface area contributed by atoms with E-state index in [9.17, 15) is 27.9 Å². The third kappa shape index (κ3) is 5.85. The number of halogens is 3. The summed E-state index contributed by atoms with van der Waals surface area (Å²) in [6.45, 7) is 5.90. The van der Waals surface area contributed by atoms with Gasteiger partial charge in [0.2, 0.25) is 0 Å². The van der Waals surface area contributed by atoms with Gasteiger partial charge in [-0.05, 0) is 66.1 Å². The molecule has 1 N–H and O–H groups in total. The number of carboxylic acids is 1. The lowest BCUT2D eigenvalue weighted by Crippen LogP contribution is -2.38. The van der Waals surface area contributed by atoms with Gasteiger partial charge in [-0.3, -0.25) is 14.4 Å². The number of alkyl halides is 3. The number of ether oxygens (including phenoxy) is 1. The van der Waals surface area contributed by atoms with E-state index in [1.807, 2.05) is 13.0 Å². The summed E-state index contributed by atoms with van der Waals surface area (Å²) in [5, 5.41) is 19.2. The van der Waals surface area contributed by atoms with Crippen molar-refractivity contribution in [1.82, 2.24) is 14.7 Å². The molecule has 40 heavy (non-hydrogen) atoms. The Kier molecular flexibility index (Phi) is 7.59. The van der Waals surface area contributed by atoms with Crippen molar-refractivity contribution >= 4 is 28.5 Å². The van der Waals surface area contributed by atoms with E-state index < -0.39 is 23.6 Å². The van der Waals surface area contributed by atoms with Crippen LogP contribution in [-0.2, 0) is 17.5 Å². The maximum atomic E-state index is 13.1. The minimum absolute atomic E-state index is 0.114. The van der Waals surface area contributed by atoms with Gasteiger partial charge in [0, 0.05) is 36.3 Å². The number of nitrogens with one attached hydrogen (secondary N) is 1. The summed E-state index contributed by atoms with van der Waals surface area (Å²) >= 11 is 0. The molecule has 1 saturated heterocycles. The predicted octanol–water partition coefficient (Wildman–Crippen LogP) is 3.98. The first-order valence-electron chi connectivity index (χ1n) is 12.7. The average Bonchev–Trinajstić information content (AvgIpc) is 3.31. The first kappa shape index (κ1) is 27.4. The summed E-state index contributed by atoms with van der Waals surface area (Å²) in [6.07, 6.45) is -4.56. The lowest BCUT2D eigenvalue weighted by atomic mass is 9.98. The number of morpholine rings is 1. The SMILES string of the molecule is Cc1ccc(NC(=O)c2cccc(C(F)(F)F)c2)cc1-c1ccc2c(C(=O)[O-])nn(CCN3CCOCC3)c2c1. The molecule has 0 bridgehead atoms. The van der Waals surface area contributed by atoms with Crippen LogP contribution in [0.15, 0.2) is 60.7 Å². The zero-order valence-corrected chi connectivity index (χ0v) is 21.6. The van der Waals surface area contributed by atoms with Gasteiger partial charge in [-0.1, -0.05) is 18.2 Å². The monoisotopic (exact) mass is 551 g/mol. The number of nitrogens with zero attached hydrogens (tertiary/aromatic N) is 3. The van der Waals surface area contributed by atoms with Crippen LogP contribution in [0.3, 0.4) is 0 Å². The summed E-state index contributed by atoms with van der Waals surface area (Å²) < 4.78 is 46.3. The van der Waals surface area contributed by atoms with E-state index in [2.05, 4.69) is 15.3 Å². The van der Waals surface area contributed by atoms with Gasteiger partial charge in [0.1, 0.15) is 5.69 Å². The Hall–Kier alpha value is -4.22. The van der Waals surface area contributed by atoms with E-state index in [1.165, 1.54) is 12.1 Å². The highest BCUT2D eigenvalue weighted by Crippen LogP contribution is 2.32. The van der Waals surface area contributed by atoms with Crippen LogP contribution in [0.2, 0.25) is 0 Å². The number of fused-ring (bicyclic) bond motifs is 1. The fraction of sp³-hybridized carbons (Fsp3) is 0.276. The van der Waals surface area contributed by atoms with E-state index in [0.29, 0.717) is 42.9 Å².